The Labute approximate surface area is 129 Å². The van der Waals surface area contributed by atoms with E-state index in [2.05, 4.69) is 18.7 Å². The van der Waals surface area contributed by atoms with Gasteiger partial charge in [-0.15, -0.1) is 0 Å². The van der Waals surface area contributed by atoms with Crippen molar-refractivity contribution in [2.75, 3.05) is 52.4 Å². The van der Waals surface area contributed by atoms with E-state index in [1.54, 1.807) is 8.61 Å². The van der Waals surface area contributed by atoms with Crippen LogP contribution in [-0.2, 0) is 10.2 Å². The van der Waals surface area contributed by atoms with Crippen molar-refractivity contribution in [3.8, 4) is 0 Å². The number of nitrogens with two attached hydrogens (primary N) is 1. The molecule has 2 aliphatic heterocycles. The Morgan fingerprint density at radius 3 is 2.33 bits per heavy atom. The summed E-state index contributed by atoms with van der Waals surface area (Å²) in [7, 11) is -3.30. The van der Waals surface area contributed by atoms with E-state index in [1.807, 2.05) is 0 Å². The third-order valence-electron chi connectivity index (χ3n) is 4.42. The number of nitrogens with zero attached hydrogens (tertiary/aromatic N) is 3. The largest absolute Gasteiger partial charge is 0.330 e. The van der Waals surface area contributed by atoms with Crippen molar-refractivity contribution in [1.82, 2.24) is 13.5 Å². The second-order valence-electron chi connectivity index (χ2n) is 6.70. The summed E-state index contributed by atoms with van der Waals surface area (Å²) in [5, 5.41) is 0. The number of rotatable bonds is 5. The summed E-state index contributed by atoms with van der Waals surface area (Å²) in [5.74, 6) is 0.941. The third kappa shape index (κ3) is 4.39. The van der Waals surface area contributed by atoms with E-state index >= 15 is 0 Å². The number of hydrogen-bond donors (Lipinski definition) is 1. The molecule has 2 aliphatic rings. The van der Waals surface area contributed by atoms with E-state index in [0.29, 0.717) is 44.6 Å². The maximum Gasteiger partial charge on any atom is 0.282 e. The average Bonchev–Trinajstić information content (AvgIpc) is 2.47. The van der Waals surface area contributed by atoms with Gasteiger partial charge in [-0.25, -0.2) is 0 Å². The molecule has 21 heavy (non-hydrogen) atoms. The lowest BCUT2D eigenvalue weighted by Crippen LogP contribution is -2.55. The molecule has 1 atom stereocenters. The van der Waals surface area contributed by atoms with Gasteiger partial charge in [-0.05, 0) is 31.2 Å². The van der Waals surface area contributed by atoms with E-state index in [9.17, 15) is 8.42 Å². The van der Waals surface area contributed by atoms with Crippen molar-refractivity contribution in [3.05, 3.63) is 0 Å². The Bertz CT molecular complexity index is 419. The van der Waals surface area contributed by atoms with Crippen molar-refractivity contribution in [2.24, 2.45) is 17.6 Å². The molecule has 0 bridgehead atoms. The minimum atomic E-state index is -3.30. The van der Waals surface area contributed by atoms with Gasteiger partial charge in [-0.3, -0.25) is 0 Å². The summed E-state index contributed by atoms with van der Waals surface area (Å²) in [4.78, 5) is 2.36. The Hall–Kier alpha value is -0.210. The van der Waals surface area contributed by atoms with Crippen LogP contribution in [-0.4, -0.2) is 74.3 Å². The minimum Gasteiger partial charge on any atom is -0.330 e. The van der Waals surface area contributed by atoms with Gasteiger partial charge < -0.3 is 10.6 Å². The first-order chi connectivity index (χ1) is 9.93. The maximum atomic E-state index is 12.7. The third-order valence-corrected chi connectivity index (χ3v) is 6.42. The molecule has 0 aromatic rings. The molecule has 7 heteroatoms. The zero-order valence-electron chi connectivity index (χ0n) is 13.4. The van der Waals surface area contributed by atoms with Crippen molar-refractivity contribution in [3.63, 3.8) is 0 Å². The number of piperazine rings is 1. The number of hydrogen-bond acceptors (Lipinski definition) is 4. The molecule has 0 amide bonds. The highest BCUT2D eigenvalue weighted by Crippen LogP contribution is 2.21. The molecule has 2 N–H and O–H groups in total. The molecule has 0 spiro atoms. The van der Waals surface area contributed by atoms with Crippen molar-refractivity contribution in [2.45, 2.75) is 26.7 Å². The lowest BCUT2D eigenvalue weighted by molar-refractivity contribution is 0.161. The monoisotopic (exact) mass is 318 g/mol. The lowest BCUT2D eigenvalue weighted by Gasteiger charge is -2.39. The highest BCUT2D eigenvalue weighted by atomic mass is 32.2. The van der Waals surface area contributed by atoms with Crippen LogP contribution < -0.4 is 5.73 Å². The van der Waals surface area contributed by atoms with E-state index in [-0.39, 0.29) is 0 Å². The highest BCUT2D eigenvalue weighted by molar-refractivity contribution is 7.86. The predicted molar refractivity (Wildman–Crippen MR) is 85.1 cm³/mol. The standard InChI is InChI=1S/C14H30N4O2S/c1-13(2)11-16-6-8-17(9-7-16)21(19,20)18-5-3-4-14(10-15)12-18/h13-14H,3-12,15H2,1-2H3. The molecule has 6 nitrogen and oxygen atoms in total. The SMILES string of the molecule is CC(C)CN1CCN(S(=O)(=O)N2CCCC(CN)C2)CC1. The smallest absolute Gasteiger partial charge is 0.282 e. The van der Waals surface area contributed by atoms with Crippen LogP contribution in [0.3, 0.4) is 0 Å². The predicted octanol–water partition coefficient (Wildman–Crippen LogP) is 0.176. The molecular formula is C14H30N4O2S. The fraction of sp³-hybridized carbons (Fsp3) is 1.00. The summed E-state index contributed by atoms with van der Waals surface area (Å²) in [5.41, 5.74) is 5.71. The van der Waals surface area contributed by atoms with Crippen LogP contribution in [0.1, 0.15) is 26.7 Å². The Morgan fingerprint density at radius 2 is 1.76 bits per heavy atom. The summed E-state index contributed by atoms with van der Waals surface area (Å²) in [6, 6.07) is 0. The first kappa shape index (κ1) is 17.1. The Balaban J connectivity index is 1.92. The molecule has 2 heterocycles. The summed E-state index contributed by atoms with van der Waals surface area (Å²) in [6.07, 6.45) is 1.97. The first-order valence-electron chi connectivity index (χ1n) is 8.11. The molecule has 0 aliphatic carbocycles. The Morgan fingerprint density at radius 1 is 1.10 bits per heavy atom. The zero-order chi connectivity index (χ0) is 15.5. The molecule has 0 aromatic heterocycles. The molecule has 2 saturated heterocycles. The molecule has 1 unspecified atom stereocenters. The first-order valence-corrected chi connectivity index (χ1v) is 9.50. The molecule has 2 fully saturated rings. The molecule has 124 valence electrons. The average molecular weight is 318 g/mol. The summed E-state index contributed by atoms with van der Waals surface area (Å²) >= 11 is 0. The lowest BCUT2D eigenvalue weighted by atomic mass is 10.0. The van der Waals surface area contributed by atoms with E-state index in [0.717, 1.165) is 32.5 Å². The van der Waals surface area contributed by atoms with Crippen LogP contribution in [0.5, 0.6) is 0 Å². The minimum absolute atomic E-state index is 0.316. The van der Waals surface area contributed by atoms with Crippen LogP contribution in [0.2, 0.25) is 0 Å². The van der Waals surface area contributed by atoms with E-state index in [1.165, 1.54) is 0 Å². The van der Waals surface area contributed by atoms with Crippen molar-refractivity contribution < 1.29 is 8.42 Å². The van der Waals surface area contributed by atoms with Crippen LogP contribution in [0, 0.1) is 11.8 Å². The fourth-order valence-electron chi connectivity index (χ4n) is 3.25. The topological polar surface area (TPSA) is 69.9 Å². The summed E-state index contributed by atoms with van der Waals surface area (Å²) in [6.45, 7) is 10.2. The fourth-order valence-corrected chi connectivity index (χ4v) is 4.96. The Kier molecular flexibility index (Phi) is 6.02. The van der Waals surface area contributed by atoms with Gasteiger partial charge in [0.2, 0.25) is 0 Å². The molecule has 0 radical (unpaired) electrons. The van der Waals surface area contributed by atoms with Crippen molar-refractivity contribution in [1.29, 1.82) is 0 Å². The summed E-state index contributed by atoms with van der Waals surface area (Å²) < 4.78 is 28.7. The molecule has 0 aromatic carbocycles. The van der Waals surface area contributed by atoms with Crippen LogP contribution >= 0.6 is 0 Å². The van der Waals surface area contributed by atoms with Gasteiger partial charge in [0, 0.05) is 45.8 Å². The van der Waals surface area contributed by atoms with Gasteiger partial charge in [0.1, 0.15) is 0 Å². The van der Waals surface area contributed by atoms with Gasteiger partial charge in [-0.1, -0.05) is 13.8 Å². The van der Waals surface area contributed by atoms with Crippen LogP contribution in [0.15, 0.2) is 0 Å². The van der Waals surface area contributed by atoms with Gasteiger partial charge >= 0.3 is 0 Å². The molecule has 2 rings (SSSR count). The van der Waals surface area contributed by atoms with E-state index < -0.39 is 10.2 Å². The zero-order valence-corrected chi connectivity index (χ0v) is 14.2. The second-order valence-corrected chi connectivity index (χ2v) is 8.63. The van der Waals surface area contributed by atoms with Crippen LogP contribution in [0.4, 0.5) is 0 Å². The van der Waals surface area contributed by atoms with Crippen molar-refractivity contribution >= 4 is 10.2 Å². The normalized spacial score (nSPS) is 27.3. The maximum absolute atomic E-state index is 12.7. The van der Waals surface area contributed by atoms with Gasteiger partial charge in [0.05, 0.1) is 0 Å². The van der Waals surface area contributed by atoms with Gasteiger partial charge in [0.25, 0.3) is 10.2 Å². The highest BCUT2D eigenvalue weighted by Gasteiger charge is 2.34. The quantitative estimate of drug-likeness (QED) is 0.785. The number of piperidine rings is 1. The molecular weight excluding hydrogens is 288 g/mol. The van der Waals surface area contributed by atoms with E-state index in [4.69, 9.17) is 5.73 Å². The van der Waals surface area contributed by atoms with Gasteiger partial charge in [0.15, 0.2) is 0 Å². The second kappa shape index (κ2) is 7.37. The van der Waals surface area contributed by atoms with Crippen LogP contribution in [0.25, 0.3) is 0 Å². The van der Waals surface area contributed by atoms with Gasteiger partial charge in [-0.2, -0.15) is 17.0 Å². The molecule has 0 saturated carbocycles.